The number of guanidine groups is 1. The van der Waals surface area contributed by atoms with Gasteiger partial charge in [-0.2, -0.15) is 0 Å². The number of hydrogen-bond donors (Lipinski definition) is 6. The Bertz CT molecular complexity index is 755. The van der Waals surface area contributed by atoms with Crippen molar-refractivity contribution in [2.24, 2.45) is 23.1 Å². The van der Waals surface area contributed by atoms with Crippen LogP contribution in [-0.4, -0.2) is 58.4 Å². The summed E-state index contributed by atoms with van der Waals surface area (Å²) in [5, 5.41) is 19.5. The Morgan fingerprint density at radius 1 is 1.10 bits per heavy atom. The Kier molecular flexibility index (Phi) is 10.6. The molecule has 0 aromatic heterocycles. The molecule has 0 radical (unpaired) electrons. The summed E-state index contributed by atoms with van der Waals surface area (Å²) in [7, 11) is 0. The first kappa shape index (κ1) is 26.1. The number of carbonyl (C=O) groups excluding carboxylic acids is 2. The second-order valence-corrected chi connectivity index (χ2v) is 7.92. The fourth-order valence-electron chi connectivity index (χ4n) is 3.22. The van der Waals surface area contributed by atoms with Gasteiger partial charge < -0.3 is 27.6 Å². The third kappa shape index (κ3) is 8.73. The fraction of sp³-hybridized carbons (Fsp3) is 0.524. The Balaban J connectivity index is 3.11. The summed E-state index contributed by atoms with van der Waals surface area (Å²) < 4.78 is 0. The maximum atomic E-state index is 13.2. The lowest BCUT2D eigenvalue weighted by atomic mass is 9.99. The van der Waals surface area contributed by atoms with Gasteiger partial charge in [-0.15, -0.1) is 0 Å². The van der Waals surface area contributed by atoms with Crippen molar-refractivity contribution >= 4 is 23.7 Å². The summed E-state index contributed by atoms with van der Waals surface area (Å²) >= 11 is 0. The van der Waals surface area contributed by atoms with E-state index >= 15 is 0 Å². The van der Waals surface area contributed by atoms with Crippen LogP contribution < -0.4 is 22.5 Å². The molecule has 1 aromatic carbocycles. The second-order valence-electron chi connectivity index (χ2n) is 7.92. The smallest absolute Gasteiger partial charge is 0.326 e. The van der Waals surface area contributed by atoms with Crippen molar-refractivity contribution in [3.8, 4) is 0 Å². The molecule has 3 atom stereocenters. The average Bonchev–Trinajstić information content (AvgIpc) is 2.69. The van der Waals surface area contributed by atoms with Crippen molar-refractivity contribution < 1.29 is 19.5 Å². The van der Waals surface area contributed by atoms with Gasteiger partial charge >= 0.3 is 5.97 Å². The van der Waals surface area contributed by atoms with Crippen LogP contribution in [0.25, 0.3) is 0 Å². The van der Waals surface area contributed by atoms with Gasteiger partial charge in [0, 0.05) is 6.54 Å². The summed E-state index contributed by atoms with van der Waals surface area (Å²) in [4.78, 5) is 38.9. The molecule has 1 rings (SSSR count). The summed E-state index contributed by atoms with van der Waals surface area (Å²) in [5.74, 6) is -3.03. The first-order chi connectivity index (χ1) is 14.5. The maximum Gasteiger partial charge on any atom is 0.326 e. The second kappa shape index (κ2) is 12.7. The Morgan fingerprint density at radius 3 is 2.19 bits per heavy atom. The van der Waals surface area contributed by atoms with Crippen LogP contribution in [0.5, 0.6) is 0 Å². The molecule has 0 aliphatic heterocycles. The van der Waals surface area contributed by atoms with Crippen LogP contribution in [0.3, 0.4) is 0 Å². The van der Waals surface area contributed by atoms with Crippen LogP contribution in [0.1, 0.15) is 38.7 Å². The normalized spacial score (nSPS) is 13.8. The molecule has 9 N–H and O–H groups in total. The van der Waals surface area contributed by atoms with Gasteiger partial charge in [-0.25, -0.2) is 4.79 Å². The first-order valence-electron chi connectivity index (χ1n) is 10.3. The molecule has 3 unspecified atom stereocenters. The molecule has 2 amide bonds. The lowest BCUT2D eigenvalue weighted by Crippen LogP contribution is -2.58. The topological polar surface area (TPSA) is 189 Å². The zero-order chi connectivity index (χ0) is 23.6. The number of nitrogens with zero attached hydrogens (tertiary/aromatic N) is 1. The third-order valence-corrected chi connectivity index (χ3v) is 4.70. The van der Waals surface area contributed by atoms with E-state index in [4.69, 9.17) is 22.6 Å². The molecule has 0 spiro atoms. The molecule has 0 bridgehead atoms. The van der Waals surface area contributed by atoms with Crippen molar-refractivity contribution in [3.05, 3.63) is 35.9 Å². The highest BCUT2D eigenvalue weighted by Crippen LogP contribution is 2.16. The van der Waals surface area contributed by atoms with Crippen molar-refractivity contribution in [3.63, 3.8) is 0 Å². The molecule has 0 fully saturated rings. The highest BCUT2D eigenvalue weighted by atomic mass is 16.4. The van der Waals surface area contributed by atoms with Crippen LogP contribution in [0.15, 0.2) is 30.3 Å². The molecule has 172 valence electrons. The van der Waals surface area contributed by atoms with Crippen LogP contribution in [0.4, 0.5) is 0 Å². The van der Waals surface area contributed by atoms with Crippen molar-refractivity contribution in [1.82, 2.24) is 10.2 Å². The molecule has 10 heteroatoms. The largest absolute Gasteiger partial charge is 0.480 e. The van der Waals surface area contributed by atoms with E-state index in [1.165, 1.54) is 0 Å². The number of hydrogen-bond acceptors (Lipinski definition) is 6. The minimum Gasteiger partial charge on any atom is -0.480 e. The molecule has 31 heavy (non-hydrogen) atoms. The summed E-state index contributed by atoms with van der Waals surface area (Å²) in [5.41, 5.74) is 18.1. The SMILES string of the molecule is CC(C)CC(N)C(=O)N(C(=O)C(N)Cc1ccccc1)C(CCCNC(=N)N)C(=O)O. The van der Waals surface area contributed by atoms with E-state index < -0.39 is 35.9 Å². The van der Waals surface area contributed by atoms with E-state index in [0.29, 0.717) is 6.42 Å². The van der Waals surface area contributed by atoms with Gasteiger partial charge in [0.15, 0.2) is 5.96 Å². The lowest BCUT2D eigenvalue weighted by molar-refractivity contribution is -0.159. The number of aliphatic carboxylic acids is 1. The summed E-state index contributed by atoms with van der Waals surface area (Å²) in [6, 6.07) is 5.48. The highest BCUT2D eigenvalue weighted by molar-refractivity contribution is 6.03. The Labute approximate surface area is 182 Å². The Hall–Kier alpha value is -2.98. The molecule has 0 saturated heterocycles. The molecule has 10 nitrogen and oxygen atoms in total. The van der Waals surface area contributed by atoms with Crippen molar-refractivity contribution in [1.29, 1.82) is 5.41 Å². The number of carbonyl (C=O) groups is 3. The van der Waals surface area contributed by atoms with Crippen LogP contribution in [-0.2, 0) is 20.8 Å². The van der Waals surface area contributed by atoms with Gasteiger partial charge in [0.2, 0.25) is 11.8 Å². The number of amides is 2. The predicted octanol–water partition coefficient (Wildman–Crippen LogP) is 0.00147. The van der Waals surface area contributed by atoms with E-state index in [2.05, 4.69) is 5.32 Å². The van der Waals surface area contributed by atoms with E-state index in [1.807, 2.05) is 19.9 Å². The van der Waals surface area contributed by atoms with Gasteiger partial charge in [0.25, 0.3) is 0 Å². The summed E-state index contributed by atoms with van der Waals surface area (Å²) in [6.45, 7) is 3.98. The number of rotatable bonds is 12. The minimum absolute atomic E-state index is 0.0282. The van der Waals surface area contributed by atoms with Gasteiger partial charge in [-0.3, -0.25) is 19.9 Å². The fourth-order valence-corrected chi connectivity index (χ4v) is 3.22. The minimum atomic E-state index is -1.42. The van der Waals surface area contributed by atoms with E-state index in [1.54, 1.807) is 24.3 Å². The van der Waals surface area contributed by atoms with E-state index in [9.17, 15) is 19.5 Å². The van der Waals surface area contributed by atoms with Gasteiger partial charge in [-0.05, 0) is 37.2 Å². The van der Waals surface area contributed by atoms with E-state index in [-0.39, 0.29) is 37.7 Å². The van der Waals surface area contributed by atoms with E-state index in [0.717, 1.165) is 10.5 Å². The maximum absolute atomic E-state index is 13.2. The number of carboxylic acid groups (broad SMARTS) is 1. The predicted molar refractivity (Wildman–Crippen MR) is 118 cm³/mol. The zero-order valence-electron chi connectivity index (χ0n) is 18.1. The van der Waals surface area contributed by atoms with Crippen molar-refractivity contribution in [2.75, 3.05) is 6.54 Å². The molecular formula is C21H34N6O4. The molecule has 0 aliphatic rings. The standard InChI is InChI=1S/C21H34N6O4/c1-13(2)11-15(22)18(28)27(17(20(30)31)9-6-10-26-21(24)25)19(29)16(23)12-14-7-4-3-5-8-14/h3-5,7-8,13,15-17H,6,9-12,22-23H2,1-2H3,(H,30,31)(H4,24,25,26). The molecule has 1 aromatic rings. The third-order valence-electron chi connectivity index (χ3n) is 4.70. The quantitative estimate of drug-likeness (QED) is 0.150. The summed E-state index contributed by atoms with van der Waals surface area (Å²) in [6.07, 6.45) is 0.691. The zero-order valence-corrected chi connectivity index (χ0v) is 18.1. The molecule has 0 saturated carbocycles. The van der Waals surface area contributed by atoms with Gasteiger partial charge in [0.05, 0.1) is 12.1 Å². The molecular weight excluding hydrogens is 400 g/mol. The van der Waals surface area contributed by atoms with Crippen molar-refractivity contribution in [2.45, 2.75) is 57.7 Å². The van der Waals surface area contributed by atoms with Crippen LogP contribution >= 0.6 is 0 Å². The Morgan fingerprint density at radius 2 is 1.68 bits per heavy atom. The van der Waals surface area contributed by atoms with Crippen LogP contribution in [0.2, 0.25) is 0 Å². The molecule has 0 heterocycles. The van der Waals surface area contributed by atoms with Gasteiger partial charge in [0.1, 0.15) is 6.04 Å². The number of benzene rings is 1. The first-order valence-corrected chi connectivity index (χ1v) is 10.3. The number of carboxylic acids is 1. The van der Waals surface area contributed by atoms with Crippen LogP contribution in [0, 0.1) is 11.3 Å². The lowest BCUT2D eigenvalue weighted by Gasteiger charge is -2.32. The number of imide groups is 1. The monoisotopic (exact) mass is 434 g/mol. The average molecular weight is 435 g/mol. The van der Waals surface area contributed by atoms with Gasteiger partial charge in [-0.1, -0.05) is 44.2 Å². The highest BCUT2D eigenvalue weighted by Gasteiger charge is 2.39. The number of nitrogens with two attached hydrogens (primary N) is 3. The number of nitrogens with one attached hydrogen (secondary N) is 2. The molecule has 0 aliphatic carbocycles.